The van der Waals surface area contributed by atoms with E-state index in [4.69, 9.17) is 9.47 Å². The second-order valence-corrected chi connectivity index (χ2v) is 5.97. The maximum absolute atomic E-state index is 12.4. The molecule has 0 saturated carbocycles. The number of nitrogens with zero attached hydrogens (tertiary/aromatic N) is 1. The molecule has 0 aromatic heterocycles. The van der Waals surface area contributed by atoms with Gasteiger partial charge in [0.2, 0.25) is 0 Å². The van der Waals surface area contributed by atoms with Gasteiger partial charge in [-0.1, -0.05) is 30.3 Å². The molecule has 0 aliphatic carbocycles. The molecule has 150 valence electrons. The molecule has 0 bridgehead atoms. The quantitative estimate of drug-likeness (QED) is 0.643. The number of benzene rings is 2. The third-order valence-corrected chi connectivity index (χ3v) is 3.89. The number of ether oxygens (including phenoxy) is 3. The summed E-state index contributed by atoms with van der Waals surface area (Å²) in [5, 5.41) is 0. The highest BCUT2D eigenvalue weighted by atomic mass is 19.3. The van der Waals surface area contributed by atoms with Gasteiger partial charge in [0.25, 0.3) is 5.91 Å². The topological polar surface area (TPSA) is 65.1 Å². The van der Waals surface area contributed by atoms with E-state index in [1.165, 1.54) is 37.1 Å². The Balaban J connectivity index is 2.01. The number of alkyl halides is 2. The Morgan fingerprint density at radius 2 is 1.75 bits per heavy atom. The summed E-state index contributed by atoms with van der Waals surface area (Å²) in [6.07, 6.45) is -1.02. The third kappa shape index (κ3) is 5.67. The van der Waals surface area contributed by atoms with Crippen LogP contribution in [0.2, 0.25) is 0 Å². The van der Waals surface area contributed by atoms with Crippen LogP contribution in [0.15, 0.2) is 48.5 Å². The van der Waals surface area contributed by atoms with Gasteiger partial charge in [-0.05, 0) is 30.7 Å². The second-order valence-electron chi connectivity index (χ2n) is 5.97. The van der Waals surface area contributed by atoms with Crippen LogP contribution < -0.4 is 9.47 Å². The van der Waals surface area contributed by atoms with Crippen LogP contribution in [0.5, 0.6) is 11.5 Å². The van der Waals surface area contributed by atoms with Crippen molar-refractivity contribution >= 4 is 11.9 Å². The first-order valence-corrected chi connectivity index (χ1v) is 8.44. The molecule has 0 heterocycles. The Morgan fingerprint density at radius 1 is 1.07 bits per heavy atom. The molecule has 0 aliphatic heterocycles. The van der Waals surface area contributed by atoms with Gasteiger partial charge in [-0.25, -0.2) is 4.79 Å². The van der Waals surface area contributed by atoms with Crippen LogP contribution >= 0.6 is 0 Å². The molecular formula is C20H21F2NO5. The standard InChI is InChI=1S/C20H21F2NO5/c1-13(18(24)23(2)12-14-7-5-4-6-8-14)27-19(25)15-9-10-16(28-20(21)22)17(11-15)26-3/h4-11,13,20H,12H2,1-3H3/t13-/m0/s1. The molecule has 1 atom stereocenters. The predicted octanol–water partition coefficient (Wildman–Crippen LogP) is 3.50. The number of rotatable bonds is 8. The molecule has 2 aromatic carbocycles. The van der Waals surface area contributed by atoms with Crippen molar-refractivity contribution < 1.29 is 32.6 Å². The van der Waals surface area contributed by atoms with E-state index >= 15 is 0 Å². The molecule has 2 aromatic rings. The lowest BCUT2D eigenvalue weighted by Gasteiger charge is -2.21. The zero-order valence-electron chi connectivity index (χ0n) is 15.7. The van der Waals surface area contributed by atoms with Gasteiger partial charge in [0.1, 0.15) is 0 Å². The molecule has 28 heavy (non-hydrogen) atoms. The lowest BCUT2D eigenvalue weighted by molar-refractivity contribution is -0.139. The first-order chi connectivity index (χ1) is 13.3. The highest BCUT2D eigenvalue weighted by Gasteiger charge is 2.23. The summed E-state index contributed by atoms with van der Waals surface area (Å²) in [6, 6.07) is 13.0. The molecule has 0 saturated heterocycles. The average Bonchev–Trinajstić information content (AvgIpc) is 2.67. The van der Waals surface area contributed by atoms with Crippen molar-refractivity contribution in [1.82, 2.24) is 4.90 Å². The zero-order chi connectivity index (χ0) is 20.7. The summed E-state index contributed by atoms with van der Waals surface area (Å²) in [4.78, 5) is 26.2. The van der Waals surface area contributed by atoms with Gasteiger partial charge >= 0.3 is 12.6 Å². The maximum atomic E-state index is 12.4. The summed E-state index contributed by atoms with van der Waals surface area (Å²) < 4.78 is 39.2. The third-order valence-electron chi connectivity index (χ3n) is 3.89. The van der Waals surface area contributed by atoms with Gasteiger partial charge in [-0.2, -0.15) is 8.78 Å². The van der Waals surface area contributed by atoms with Crippen LogP contribution in [-0.4, -0.2) is 43.6 Å². The average molecular weight is 393 g/mol. The molecular weight excluding hydrogens is 372 g/mol. The van der Waals surface area contributed by atoms with Crippen LogP contribution in [0.3, 0.4) is 0 Å². The number of amides is 1. The van der Waals surface area contributed by atoms with Crippen LogP contribution in [0.4, 0.5) is 8.78 Å². The number of likely N-dealkylation sites (N-methyl/N-ethyl adjacent to an activating group) is 1. The Labute approximate surface area is 161 Å². The highest BCUT2D eigenvalue weighted by Crippen LogP contribution is 2.29. The van der Waals surface area contributed by atoms with Crippen molar-refractivity contribution in [3.63, 3.8) is 0 Å². The van der Waals surface area contributed by atoms with Crippen molar-refractivity contribution in [2.24, 2.45) is 0 Å². The molecule has 0 radical (unpaired) electrons. The van der Waals surface area contributed by atoms with Gasteiger partial charge < -0.3 is 19.1 Å². The molecule has 0 aliphatic rings. The van der Waals surface area contributed by atoms with Gasteiger partial charge in [-0.3, -0.25) is 4.79 Å². The number of carbonyl (C=O) groups is 2. The van der Waals surface area contributed by atoms with Crippen molar-refractivity contribution in [2.75, 3.05) is 14.2 Å². The molecule has 6 nitrogen and oxygen atoms in total. The second kappa shape index (κ2) is 9.68. The SMILES string of the molecule is COc1cc(C(=O)O[C@@H](C)C(=O)N(C)Cc2ccccc2)ccc1OC(F)F. The zero-order valence-corrected chi connectivity index (χ0v) is 15.7. The lowest BCUT2D eigenvalue weighted by atomic mass is 10.2. The van der Waals surface area contributed by atoms with E-state index in [1.54, 1.807) is 7.05 Å². The van der Waals surface area contributed by atoms with E-state index in [1.807, 2.05) is 30.3 Å². The predicted molar refractivity (Wildman–Crippen MR) is 97.4 cm³/mol. The molecule has 0 unspecified atom stereocenters. The van der Waals surface area contributed by atoms with Gasteiger partial charge in [0.15, 0.2) is 17.6 Å². The normalized spacial score (nSPS) is 11.6. The maximum Gasteiger partial charge on any atom is 0.387 e. The Morgan fingerprint density at radius 3 is 2.36 bits per heavy atom. The fourth-order valence-electron chi connectivity index (χ4n) is 2.51. The minimum atomic E-state index is -3.02. The smallest absolute Gasteiger partial charge is 0.387 e. The number of halogens is 2. The Bertz CT molecular complexity index is 813. The van der Waals surface area contributed by atoms with E-state index < -0.39 is 18.7 Å². The minimum absolute atomic E-state index is 0.0452. The van der Waals surface area contributed by atoms with Gasteiger partial charge in [-0.15, -0.1) is 0 Å². The lowest BCUT2D eigenvalue weighted by Crippen LogP contribution is -2.37. The van der Waals surface area contributed by atoms with E-state index in [-0.39, 0.29) is 23.0 Å². The van der Waals surface area contributed by atoms with Crippen LogP contribution in [0.25, 0.3) is 0 Å². The molecule has 2 rings (SSSR count). The summed E-state index contributed by atoms with van der Waals surface area (Å²) in [5.41, 5.74) is 0.986. The van der Waals surface area contributed by atoms with E-state index in [2.05, 4.69) is 4.74 Å². The van der Waals surface area contributed by atoms with Crippen LogP contribution in [0.1, 0.15) is 22.8 Å². The van der Waals surface area contributed by atoms with Gasteiger partial charge in [0, 0.05) is 13.6 Å². The number of methoxy groups -OCH3 is 1. The first kappa shape index (κ1) is 21.1. The molecule has 0 spiro atoms. The molecule has 0 fully saturated rings. The largest absolute Gasteiger partial charge is 0.493 e. The number of hydrogen-bond acceptors (Lipinski definition) is 5. The highest BCUT2D eigenvalue weighted by molar-refractivity contribution is 5.92. The molecule has 8 heteroatoms. The van der Waals surface area contributed by atoms with E-state index in [9.17, 15) is 18.4 Å². The number of esters is 1. The van der Waals surface area contributed by atoms with Crippen molar-refractivity contribution in [3.05, 3.63) is 59.7 Å². The summed E-state index contributed by atoms with van der Waals surface area (Å²) in [6.45, 7) is -1.19. The number of hydrogen-bond donors (Lipinski definition) is 0. The van der Waals surface area contributed by atoms with Crippen molar-refractivity contribution in [2.45, 2.75) is 26.2 Å². The fraction of sp³-hybridized carbons (Fsp3) is 0.300. The summed E-state index contributed by atoms with van der Waals surface area (Å²) in [7, 11) is 2.87. The van der Waals surface area contributed by atoms with E-state index in [0.29, 0.717) is 6.54 Å². The first-order valence-electron chi connectivity index (χ1n) is 8.44. The summed E-state index contributed by atoms with van der Waals surface area (Å²) >= 11 is 0. The molecule has 1 amide bonds. The van der Waals surface area contributed by atoms with Crippen molar-refractivity contribution in [3.8, 4) is 11.5 Å². The Hall–Kier alpha value is -3.16. The monoisotopic (exact) mass is 393 g/mol. The fourth-order valence-corrected chi connectivity index (χ4v) is 2.51. The minimum Gasteiger partial charge on any atom is -0.493 e. The van der Waals surface area contributed by atoms with E-state index in [0.717, 1.165) is 5.56 Å². The number of carbonyl (C=O) groups excluding carboxylic acids is 2. The van der Waals surface area contributed by atoms with Crippen LogP contribution in [0, 0.1) is 0 Å². The van der Waals surface area contributed by atoms with Crippen molar-refractivity contribution in [1.29, 1.82) is 0 Å². The van der Waals surface area contributed by atoms with Crippen LogP contribution in [-0.2, 0) is 16.1 Å². The van der Waals surface area contributed by atoms with Gasteiger partial charge in [0.05, 0.1) is 12.7 Å². The summed E-state index contributed by atoms with van der Waals surface area (Å²) in [5.74, 6) is -1.41. The Kier molecular flexibility index (Phi) is 7.31. The molecule has 0 N–H and O–H groups in total.